The van der Waals surface area contributed by atoms with Gasteiger partial charge in [0.1, 0.15) is 0 Å². The Morgan fingerprint density at radius 1 is 1.25 bits per heavy atom. The average Bonchev–Trinajstić information content (AvgIpc) is 0.722. The first-order valence-electron chi connectivity index (χ1n) is 0.783. The minimum absolute atomic E-state index is 0. The van der Waals surface area contributed by atoms with Gasteiger partial charge in [-0.15, -0.1) is 0 Å². The summed E-state index contributed by atoms with van der Waals surface area (Å²) in [7, 11) is -4.64. The molecule has 0 fully saturated rings. The Hall–Kier alpha value is 3.27. The molecular formula is H5FeKNaO4P. The zero-order chi connectivity index (χ0) is 4.50. The molecule has 0 aromatic carbocycles. The molecule has 0 rings (SSSR count). The van der Waals surface area contributed by atoms with E-state index in [0.717, 1.165) is 0 Å². The van der Waals surface area contributed by atoms with Crippen LogP contribution >= 0.6 is 7.82 Å². The van der Waals surface area contributed by atoms with Gasteiger partial charge in [-0.2, -0.15) is 0 Å². The molecule has 44 valence electrons. The van der Waals surface area contributed by atoms with E-state index in [4.69, 9.17) is 19.2 Å². The molecule has 0 aromatic rings. The SMILES string of the molecule is O=P(O)(O)O.[Fe].[H-].[H-].[K+].[Na+]. The third kappa shape index (κ3) is 59.4. The van der Waals surface area contributed by atoms with Crippen LogP contribution < -0.4 is 80.9 Å². The second-order valence-electron chi connectivity index (χ2n) is 0.513. The molecule has 0 heterocycles. The standard InChI is InChI=1S/Fe.K.Na.H3O4P.2H/c;;;1-5(2,3)4;;/h;;;(H3,1,2,3,4);;/q;2*+1;;2*-1. The van der Waals surface area contributed by atoms with E-state index in [2.05, 4.69) is 0 Å². The average molecular weight is 218 g/mol. The second-order valence-corrected chi connectivity index (χ2v) is 1.54. The number of hydrogen-bond donors (Lipinski definition) is 3. The molecule has 0 atom stereocenters. The van der Waals surface area contributed by atoms with E-state index >= 15 is 0 Å². The van der Waals surface area contributed by atoms with Crippen LogP contribution in [0.2, 0.25) is 0 Å². The maximum absolute atomic E-state index is 8.88. The van der Waals surface area contributed by atoms with Crippen molar-refractivity contribution < 1.29 is 120 Å². The Kier molecular flexibility index (Phi) is 28.9. The number of rotatable bonds is 0. The Balaban J connectivity index is -0.00000000800. The van der Waals surface area contributed by atoms with Gasteiger partial charge in [-0.05, 0) is 0 Å². The largest absolute Gasteiger partial charge is 1.00 e. The molecule has 0 spiro atoms. The van der Waals surface area contributed by atoms with Crippen molar-refractivity contribution in [3.05, 3.63) is 0 Å². The molecular weight excluding hydrogens is 213 g/mol. The quantitative estimate of drug-likeness (QED) is 0.279. The van der Waals surface area contributed by atoms with Gasteiger partial charge in [0.25, 0.3) is 0 Å². The van der Waals surface area contributed by atoms with E-state index < -0.39 is 7.82 Å². The summed E-state index contributed by atoms with van der Waals surface area (Å²) in [6, 6.07) is 0. The van der Waals surface area contributed by atoms with Crippen LogP contribution in [-0.2, 0) is 21.6 Å². The first-order chi connectivity index (χ1) is 2.00. The first kappa shape index (κ1) is 22.5. The van der Waals surface area contributed by atoms with Crippen molar-refractivity contribution in [2.24, 2.45) is 0 Å². The minimum Gasteiger partial charge on any atom is -1.00 e. The van der Waals surface area contributed by atoms with Crippen LogP contribution in [0.3, 0.4) is 0 Å². The van der Waals surface area contributed by atoms with E-state index in [1.54, 1.807) is 0 Å². The predicted octanol–water partition coefficient (Wildman–Crippen LogP) is -6.70. The molecule has 0 aliphatic carbocycles. The van der Waals surface area contributed by atoms with Crippen LogP contribution in [0, 0.1) is 0 Å². The van der Waals surface area contributed by atoms with Crippen molar-refractivity contribution in [3.63, 3.8) is 0 Å². The Morgan fingerprint density at radius 3 is 1.25 bits per heavy atom. The molecule has 0 saturated carbocycles. The molecule has 0 aromatic heterocycles. The fourth-order valence-corrected chi connectivity index (χ4v) is 0. The van der Waals surface area contributed by atoms with E-state index in [9.17, 15) is 0 Å². The van der Waals surface area contributed by atoms with Crippen LogP contribution in [0.4, 0.5) is 0 Å². The molecule has 8 heavy (non-hydrogen) atoms. The summed E-state index contributed by atoms with van der Waals surface area (Å²) in [5.74, 6) is 0. The summed E-state index contributed by atoms with van der Waals surface area (Å²) in [5, 5.41) is 0. The van der Waals surface area contributed by atoms with Gasteiger partial charge in [0.15, 0.2) is 0 Å². The molecule has 0 radical (unpaired) electrons. The molecule has 0 amide bonds. The molecule has 8 heteroatoms. The first-order valence-corrected chi connectivity index (χ1v) is 2.35. The summed E-state index contributed by atoms with van der Waals surface area (Å²) >= 11 is 0. The topological polar surface area (TPSA) is 77.8 Å². The van der Waals surface area contributed by atoms with Gasteiger partial charge in [-0.1, -0.05) is 0 Å². The fourth-order valence-electron chi connectivity index (χ4n) is 0. The van der Waals surface area contributed by atoms with E-state index in [1.165, 1.54) is 0 Å². The molecule has 0 saturated heterocycles. The van der Waals surface area contributed by atoms with Crippen LogP contribution in [0.1, 0.15) is 2.85 Å². The Labute approximate surface area is 125 Å². The third-order valence-corrected chi connectivity index (χ3v) is 0. The molecule has 0 aliphatic rings. The van der Waals surface area contributed by atoms with Gasteiger partial charge in [0, 0.05) is 17.1 Å². The minimum atomic E-state index is -4.64. The maximum atomic E-state index is 8.88. The maximum Gasteiger partial charge on any atom is 1.00 e. The van der Waals surface area contributed by atoms with Crippen molar-refractivity contribution in [2.75, 3.05) is 0 Å². The molecule has 0 bridgehead atoms. The normalized spacial score (nSPS) is 7.38. The third-order valence-electron chi connectivity index (χ3n) is 0. The summed E-state index contributed by atoms with van der Waals surface area (Å²) in [6.07, 6.45) is 0. The smallest absolute Gasteiger partial charge is 1.00 e. The summed E-state index contributed by atoms with van der Waals surface area (Å²) in [5.41, 5.74) is 0. The Morgan fingerprint density at radius 2 is 1.25 bits per heavy atom. The van der Waals surface area contributed by atoms with Gasteiger partial charge in [0.05, 0.1) is 0 Å². The van der Waals surface area contributed by atoms with Crippen molar-refractivity contribution in [3.8, 4) is 0 Å². The van der Waals surface area contributed by atoms with Crippen molar-refractivity contribution in [1.82, 2.24) is 0 Å². The second kappa shape index (κ2) is 10.3. The van der Waals surface area contributed by atoms with Crippen LogP contribution in [0.5, 0.6) is 0 Å². The number of phosphoric acid groups is 1. The van der Waals surface area contributed by atoms with E-state index in [1.807, 2.05) is 0 Å². The number of hydrogen-bond acceptors (Lipinski definition) is 1. The predicted molar refractivity (Wildman–Crippen MR) is 16.5 cm³/mol. The molecule has 3 N–H and O–H groups in total. The van der Waals surface area contributed by atoms with Gasteiger partial charge in [0.2, 0.25) is 0 Å². The van der Waals surface area contributed by atoms with Gasteiger partial charge >= 0.3 is 88.8 Å². The molecule has 0 unspecified atom stereocenters. The van der Waals surface area contributed by atoms with Crippen LogP contribution in [-0.4, -0.2) is 14.7 Å². The molecule has 4 nitrogen and oxygen atoms in total. The summed E-state index contributed by atoms with van der Waals surface area (Å²) in [4.78, 5) is 21.6. The van der Waals surface area contributed by atoms with Crippen molar-refractivity contribution in [2.45, 2.75) is 0 Å². The Bertz CT molecular complexity index is 69.4. The van der Waals surface area contributed by atoms with E-state index in [0.29, 0.717) is 0 Å². The van der Waals surface area contributed by atoms with Crippen molar-refractivity contribution in [1.29, 1.82) is 0 Å². The van der Waals surface area contributed by atoms with Crippen LogP contribution in [0.25, 0.3) is 0 Å². The molecule has 0 aliphatic heterocycles. The summed E-state index contributed by atoms with van der Waals surface area (Å²) < 4.78 is 8.88. The van der Waals surface area contributed by atoms with Gasteiger partial charge in [-0.3, -0.25) is 0 Å². The zero-order valence-corrected chi connectivity index (χ0v) is 11.7. The van der Waals surface area contributed by atoms with Crippen LogP contribution in [0.15, 0.2) is 0 Å². The van der Waals surface area contributed by atoms with Gasteiger partial charge in [-0.25, -0.2) is 4.57 Å². The monoisotopic (exact) mass is 218 g/mol. The zero-order valence-electron chi connectivity index (χ0n) is 6.55. The van der Waals surface area contributed by atoms with E-state index in [-0.39, 0.29) is 101 Å². The fraction of sp³-hybridized carbons (Fsp3) is 0. The van der Waals surface area contributed by atoms with Gasteiger partial charge < -0.3 is 17.5 Å². The summed E-state index contributed by atoms with van der Waals surface area (Å²) in [6.45, 7) is 0. The van der Waals surface area contributed by atoms with Crippen molar-refractivity contribution >= 4 is 7.82 Å².